The Morgan fingerprint density at radius 2 is 0.750 bits per heavy atom. The molecule has 0 aliphatic heterocycles. The van der Waals surface area contributed by atoms with Gasteiger partial charge in [-0.15, -0.1) is 0 Å². The largest absolute Gasteiger partial charge is 0.0713 e. The molecule has 12 rings (SSSR count). The molecule has 0 heteroatoms. The zero-order valence-electron chi connectivity index (χ0n) is 35.4. The van der Waals surface area contributed by atoms with Crippen LogP contribution in [0.4, 0.5) is 0 Å². The summed E-state index contributed by atoms with van der Waals surface area (Å²) in [6.07, 6.45) is 0. The zero-order chi connectivity index (χ0) is 42.5. The highest BCUT2D eigenvalue weighted by Crippen LogP contribution is 2.57. The van der Waals surface area contributed by atoms with Gasteiger partial charge in [0.15, 0.2) is 0 Å². The predicted octanol–water partition coefficient (Wildman–Crippen LogP) is 16.5. The summed E-state index contributed by atoms with van der Waals surface area (Å²) in [6, 6.07) is 96.7. The SMILES string of the molecule is c1ccc(-c2cccc(C3(c4ccccc4)c4ccccc4-c4ccc(-c5ccc(C(c6ccc(-c7cccc8ccccc78)cc6)c6cccc7ccccc67)cc5)cc43)c2)cc1. The minimum Gasteiger partial charge on any atom is -0.0622 e. The minimum absolute atomic E-state index is 0.0406. The van der Waals surface area contributed by atoms with Crippen molar-refractivity contribution in [2.24, 2.45) is 0 Å². The van der Waals surface area contributed by atoms with E-state index in [1.54, 1.807) is 0 Å². The van der Waals surface area contributed by atoms with Crippen LogP contribution in [0.1, 0.15) is 44.9 Å². The molecule has 300 valence electrons. The highest BCUT2D eigenvalue weighted by molar-refractivity contribution is 5.97. The van der Waals surface area contributed by atoms with E-state index < -0.39 is 5.41 Å². The molecular formula is C64H44. The summed E-state index contributed by atoms with van der Waals surface area (Å²) < 4.78 is 0. The molecule has 0 aromatic heterocycles. The quantitative estimate of drug-likeness (QED) is 0.134. The first-order chi connectivity index (χ1) is 31.7. The molecule has 0 heterocycles. The summed E-state index contributed by atoms with van der Waals surface area (Å²) in [4.78, 5) is 0. The molecule has 0 saturated carbocycles. The molecule has 1 aliphatic rings. The van der Waals surface area contributed by atoms with Gasteiger partial charge in [0.25, 0.3) is 0 Å². The van der Waals surface area contributed by atoms with Crippen molar-refractivity contribution in [2.75, 3.05) is 0 Å². The number of fused-ring (bicyclic) bond motifs is 5. The summed E-state index contributed by atoms with van der Waals surface area (Å²) in [7, 11) is 0. The van der Waals surface area contributed by atoms with Gasteiger partial charge in [0.2, 0.25) is 0 Å². The molecule has 0 amide bonds. The van der Waals surface area contributed by atoms with Gasteiger partial charge in [0, 0.05) is 5.92 Å². The lowest BCUT2D eigenvalue weighted by molar-refractivity contribution is 0.769. The van der Waals surface area contributed by atoms with Crippen LogP contribution in [0.15, 0.2) is 261 Å². The van der Waals surface area contributed by atoms with Crippen LogP contribution >= 0.6 is 0 Å². The van der Waals surface area contributed by atoms with Crippen molar-refractivity contribution >= 4 is 21.5 Å². The van der Waals surface area contributed by atoms with Gasteiger partial charge in [-0.05, 0) is 117 Å². The fraction of sp³-hybridized carbons (Fsp3) is 0.0312. The van der Waals surface area contributed by atoms with Crippen molar-refractivity contribution in [1.29, 1.82) is 0 Å². The van der Waals surface area contributed by atoms with Crippen molar-refractivity contribution in [3.8, 4) is 44.5 Å². The molecule has 0 bridgehead atoms. The van der Waals surface area contributed by atoms with Crippen LogP contribution in [0.2, 0.25) is 0 Å². The highest BCUT2D eigenvalue weighted by atomic mass is 14.5. The number of hydrogen-bond donors (Lipinski definition) is 0. The molecule has 0 saturated heterocycles. The van der Waals surface area contributed by atoms with E-state index in [0.717, 1.165) is 0 Å². The number of benzene rings is 11. The van der Waals surface area contributed by atoms with E-state index in [-0.39, 0.29) is 5.92 Å². The second-order valence-corrected chi connectivity index (χ2v) is 17.1. The van der Waals surface area contributed by atoms with E-state index in [0.29, 0.717) is 0 Å². The van der Waals surface area contributed by atoms with Crippen LogP contribution in [-0.4, -0.2) is 0 Å². The fourth-order valence-corrected chi connectivity index (χ4v) is 10.8. The van der Waals surface area contributed by atoms with Crippen LogP contribution in [0.3, 0.4) is 0 Å². The Morgan fingerprint density at radius 3 is 1.52 bits per heavy atom. The van der Waals surface area contributed by atoms with Crippen LogP contribution in [-0.2, 0) is 5.41 Å². The maximum absolute atomic E-state index is 2.47. The van der Waals surface area contributed by atoms with E-state index in [2.05, 4.69) is 261 Å². The van der Waals surface area contributed by atoms with E-state index in [9.17, 15) is 0 Å². The van der Waals surface area contributed by atoms with Crippen LogP contribution in [0.5, 0.6) is 0 Å². The van der Waals surface area contributed by atoms with Crippen molar-refractivity contribution in [1.82, 2.24) is 0 Å². The van der Waals surface area contributed by atoms with Crippen LogP contribution in [0, 0.1) is 0 Å². The van der Waals surface area contributed by atoms with Gasteiger partial charge < -0.3 is 0 Å². The summed E-state index contributed by atoms with van der Waals surface area (Å²) in [5.74, 6) is 0.0406. The monoisotopic (exact) mass is 812 g/mol. The van der Waals surface area contributed by atoms with Crippen molar-refractivity contribution in [2.45, 2.75) is 11.3 Å². The Kier molecular flexibility index (Phi) is 9.24. The van der Waals surface area contributed by atoms with Gasteiger partial charge in [0.05, 0.1) is 5.41 Å². The molecule has 64 heavy (non-hydrogen) atoms. The molecular weight excluding hydrogens is 769 g/mol. The molecule has 0 N–H and O–H groups in total. The van der Waals surface area contributed by atoms with Gasteiger partial charge in [-0.3, -0.25) is 0 Å². The first-order valence-electron chi connectivity index (χ1n) is 22.4. The van der Waals surface area contributed by atoms with Crippen LogP contribution < -0.4 is 0 Å². The number of rotatable bonds is 8. The molecule has 0 fully saturated rings. The molecule has 0 radical (unpaired) electrons. The third-order valence-electron chi connectivity index (χ3n) is 13.7. The van der Waals surface area contributed by atoms with E-state index in [4.69, 9.17) is 0 Å². The van der Waals surface area contributed by atoms with Crippen molar-refractivity contribution in [3.05, 3.63) is 300 Å². The standard InChI is InChI=1S/C64H44/c1-3-16-44(17-4-1)51-22-13-25-54(42-51)64(53-23-5-2-6-24-53)61-31-12-11-28-58(61)59-41-40-52(43-62(59)64)45-32-36-49(37-33-45)63(60-30-15-21-47-19-8-10-27-57(47)60)50-38-34-48(35-39-50)56-29-14-20-46-18-7-9-26-55(46)56/h1-43,63H. The Labute approximate surface area is 375 Å². The summed E-state index contributed by atoms with van der Waals surface area (Å²) in [5.41, 5.74) is 18.4. The maximum atomic E-state index is 2.47. The fourth-order valence-electron chi connectivity index (χ4n) is 10.8. The topological polar surface area (TPSA) is 0 Å². The maximum Gasteiger partial charge on any atom is 0.0713 e. The van der Waals surface area contributed by atoms with Gasteiger partial charge in [-0.25, -0.2) is 0 Å². The molecule has 1 aliphatic carbocycles. The molecule has 0 spiro atoms. The average molecular weight is 813 g/mol. The molecule has 2 unspecified atom stereocenters. The summed E-state index contributed by atoms with van der Waals surface area (Å²) in [6.45, 7) is 0. The van der Waals surface area contributed by atoms with Gasteiger partial charge in [-0.2, -0.15) is 0 Å². The first-order valence-corrected chi connectivity index (χ1v) is 22.4. The third-order valence-corrected chi connectivity index (χ3v) is 13.7. The lowest BCUT2D eigenvalue weighted by Gasteiger charge is -2.34. The number of hydrogen-bond acceptors (Lipinski definition) is 0. The van der Waals surface area contributed by atoms with E-state index >= 15 is 0 Å². The third kappa shape index (κ3) is 6.22. The Hall–Kier alpha value is -8.06. The molecule has 2 atom stereocenters. The van der Waals surface area contributed by atoms with Crippen molar-refractivity contribution in [3.63, 3.8) is 0 Å². The van der Waals surface area contributed by atoms with Gasteiger partial charge in [0.1, 0.15) is 0 Å². The summed E-state index contributed by atoms with van der Waals surface area (Å²) in [5, 5.41) is 5.07. The lowest BCUT2D eigenvalue weighted by Crippen LogP contribution is -2.28. The highest BCUT2D eigenvalue weighted by Gasteiger charge is 2.46. The molecule has 11 aromatic rings. The summed E-state index contributed by atoms with van der Waals surface area (Å²) >= 11 is 0. The van der Waals surface area contributed by atoms with Gasteiger partial charge >= 0.3 is 0 Å². The van der Waals surface area contributed by atoms with Crippen molar-refractivity contribution < 1.29 is 0 Å². The van der Waals surface area contributed by atoms with Gasteiger partial charge in [-0.1, -0.05) is 249 Å². The van der Waals surface area contributed by atoms with E-state index in [1.165, 1.54) is 105 Å². The minimum atomic E-state index is -0.508. The second kappa shape index (κ2) is 15.7. The molecule has 0 nitrogen and oxygen atoms in total. The smallest absolute Gasteiger partial charge is 0.0622 e. The predicted molar refractivity (Wildman–Crippen MR) is 269 cm³/mol. The molecule has 11 aromatic carbocycles. The Morgan fingerprint density at radius 1 is 0.266 bits per heavy atom. The van der Waals surface area contributed by atoms with Crippen LogP contribution in [0.25, 0.3) is 66.1 Å². The lowest BCUT2D eigenvalue weighted by atomic mass is 9.67. The second-order valence-electron chi connectivity index (χ2n) is 17.1. The zero-order valence-corrected chi connectivity index (χ0v) is 35.4. The normalized spacial score (nSPS) is 14.6. The first kappa shape index (κ1) is 37.7. The average Bonchev–Trinajstić information content (AvgIpc) is 3.68. The van der Waals surface area contributed by atoms with E-state index in [1.807, 2.05) is 0 Å². The Bertz CT molecular complexity index is 3460. The Balaban J connectivity index is 0.986.